The van der Waals surface area contributed by atoms with E-state index in [1.54, 1.807) is 6.07 Å². The molecule has 0 saturated heterocycles. The molecule has 2 N–H and O–H groups in total. The predicted molar refractivity (Wildman–Crippen MR) is 52.5 cm³/mol. The third kappa shape index (κ3) is 1.42. The minimum Gasteiger partial charge on any atom is -0.508 e. The molecule has 1 aromatic rings. The molecular weight excluding hydrogens is 162 g/mol. The summed E-state index contributed by atoms with van der Waals surface area (Å²) in [6.07, 6.45) is 0. The summed E-state index contributed by atoms with van der Waals surface area (Å²) >= 11 is 0. The first-order chi connectivity index (χ1) is 6.18. The van der Waals surface area contributed by atoms with E-state index in [0.29, 0.717) is 17.7 Å². The SMILES string of the molecule is CC(C)C1NCc2ccc(O)cc21. The molecule has 1 atom stereocenters. The number of rotatable bonds is 1. The Morgan fingerprint density at radius 3 is 2.92 bits per heavy atom. The number of fused-ring (bicyclic) bond motifs is 1. The average molecular weight is 177 g/mol. The van der Waals surface area contributed by atoms with Crippen LogP contribution in [0.3, 0.4) is 0 Å². The Balaban J connectivity index is 2.40. The van der Waals surface area contributed by atoms with Gasteiger partial charge in [-0.1, -0.05) is 19.9 Å². The summed E-state index contributed by atoms with van der Waals surface area (Å²) in [6, 6.07) is 6.03. The quantitative estimate of drug-likeness (QED) is 0.689. The van der Waals surface area contributed by atoms with Gasteiger partial charge in [0.05, 0.1) is 0 Å². The lowest BCUT2D eigenvalue weighted by Crippen LogP contribution is -2.17. The second-order valence-corrected chi connectivity index (χ2v) is 3.99. The number of hydrogen-bond donors (Lipinski definition) is 2. The van der Waals surface area contributed by atoms with Crippen LogP contribution in [0.5, 0.6) is 5.75 Å². The van der Waals surface area contributed by atoms with E-state index >= 15 is 0 Å². The lowest BCUT2D eigenvalue weighted by Gasteiger charge is -2.16. The van der Waals surface area contributed by atoms with Crippen LogP contribution in [0.2, 0.25) is 0 Å². The normalized spacial score (nSPS) is 20.7. The van der Waals surface area contributed by atoms with E-state index in [9.17, 15) is 5.11 Å². The highest BCUT2D eigenvalue weighted by Crippen LogP contribution is 2.32. The Hall–Kier alpha value is -1.02. The summed E-state index contributed by atoms with van der Waals surface area (Å²) in [5.74, 6) is 0.941. The monoisotopic (exact) mass is 177 g/mol. The van der Waals surface area contributed by atoms with Crippen molar-refractivity contribution < 1.29 is 5.11 Å². The van der Waals surface area contributed by atoms with Crippen molar-refractivity contribution >= 4 is 0 Å². The molecule has 2 nitrogen and oxygen atoms in total. The summed E-state index contributed by atoms with van der Waals surface area (Å²) in [7, 11) is 0. The molecule has 70 valence electrons. The summed E-state index contributed by atoms with van der Waals surface area (Å²) in [6.45, 7) is 5.31. The molecule has 0 amide bonds. The molecule has 1 aliphatic rings. The number of phenols is 1. The molecule has 0 spiro atoms. The van der Waals surface area contributed by atoms with E-state index in [-0.39, 0.29) is 0 Å². The number of hydrogen-bond acceptors (Lipinski definition) is 2. The van der Waals surface area contributed by atoms with E-state index in [4.69, 9.17) is 0 Å². The zero-order valence-electron chi connectivity index (χ0n) is 8.04. The molecule has 2 heteroatoms. The molecule has 0 radical (unpaired) electrons. The highest BCUT2D eigenvalue weighted by molar-refractivity contribution is 5.39. The third-order valence-electron chi connectivity index (χ3n) is 2.64. The van der Waals surface area contributed by atoms with Crippen LogP contribution in [-0.4, -0.2) is 5.11 Å². The summed E-state index contributed by atoms with van der Waals surface area (Å²) in [4.78, 5) is 0. The van der Waals surface area contributed by atoms with Crippen molar-refractivity contribution in [1.82, 2.24) is 5.32 Å². The van der Waals surface area contributed by atoms with Gasteiger partial charge in [0.25, 0.3) is 0 Å². The Labute approximate surface area is 78.6 Å². The van der Waals surface area contributed by atoms with Crippen molar-refractivity contribution in [2.75, 3.05) is 0 Å². The molecular formula is C11H15NO. The van der Waals surface area contributed by atoms with Gasteiger partial charge in [-0.2, -0.15) is 0 Å². The van der Waals surface area contributed by atoms with Gasteiger partial charge in [-0.15, -0.1) is 0 Å². The molecule has 1 aromatic carbocycles. The standard InChI is InChI=1S/C11H15NO/c1-7(2)11-10-5-9(13)4-3-8(10)6-12-11/h3-5,7,11-13H,6H2,1-2H3. The minimum absolute atomic E-state index is 0.369. The lowest BCUT2D eigenvalue weighted by molar-refractivity contribution is 0.437. The van der Waals surface area contributed by atoms with E-state index in [1.165, 1.54) is 11.1 Å². The van der Waals surface area contributed by atoms with Crippen molar-refractivity contribution in [3.63, 3.8) is 0 Å². The van der Waals surface area contributed by atoms with E-state index in [2.05, 4.69) is 19.2 Å². The van der Waals surface area contributed by atoms with Crippen LogP contribution in [-0.2, 0) is 6.54 Å². The Bertz CT molecular complexity index is 320. The maximum Gasteiger partial charge on any atom is 0.115 e. The second kappa shape index (κ2) is 3.04. The molecule has 2 rings (SSSR count). The Morgan fingerprint density at radius 2 is 2.23 bits per heavy atom. The number of benzene rings is 1. The highest BCUT2D eigenvalue weighted by Gasteiger charge is 2.24. The molecule has 0 fully saturated rings. The number of phenolic OH excluding ortho intramolecular Hbond substituents is 1. The number of aromatic hydroxyl groups is 1. The molecule has 0 aliphatic carbocycles. The van der Waals surface area contributed by atoms with Gasteiger partial charge in [-0.05, 0) is 29.2 Å². The van der Waals surface area contributed by atoms with Gasteiger partial charge < -0.3 is 10.4 Å². The largest absolute Gasteiger partial charge is 0.508 e. The van der Waals surface area contributed by atoms with Gasteiger partial charge in [0.15, 0.2) is 0 Å². The van der Waals surface area contributed by atoms with Gasteiger partial charge in [0.2, 0.25) is 0 Å². The maximum atomic E-state index is 9.37. The second-order valence-electron chi connectivity index (χ2n) is 3.99. The van der Waals surface area contributed by atoms with E-state index < -0.39 is 0 Å². The lowest BCUT2D eigenvalue weighted by atomic mass is 9.96. The van der Waals surface area contributed by atoms with Crippen LogP contribution in [0, 0.1) is 5.92 Å². The first-order valence-electron chi connectivity index (χ1n) is 4.73. The topological polar surface area (TPSA) is 32.3 Å². The molecule has 1 aliphatic heterocycles. The third-order valence-corrected chi connectivity index (χ3v) is 2.64. The van der Waals surface area contributed by atoms with Crippen molar-refractivity contribution in [2.24, 2.45) is 5.92 Å². The number of nitrogens with one attached hydrogen (secondary N) is 1. The summed E-state index contributed by atoms with van der Waals surface area (Å²) in [5, 5.41) is 12.8. The van der Waals surface area contributed by atoms with E-state index in [0.717, 1.165) is 6.54 Å². The van der Waals surface area contributed by atoms with Crippen LogP contribution in [0.15, 0.2) is 18.2 Å². The van der Waals surface area contributed by atoms with Crippen LogP contribution in [0.25, 0.3) is 0 Å². The van der Waals surface area contributed by atoms with Gasteiger partial charge in [-0.3, -0.25) is 0 Å². The smallest absolute Gasteiger partial charge is 0.115 e. The summed E-state index contributed by atoms with van der Waals surface area (Å²) < 4.78 is 0. The first kappa shape index (κ1) is 8.57. The van der Waals surface area contributed by atoms with Gasteiger partial charge >= 0.3 is 0 Å². The van der Waals surface area contributed by atoms with Crippen LogP contribution >= 0.6 is 0 Å². The molecule has 1 heterocycles. The zero-order chi connectivity index (χ0) is 9.42. The molecule has 0 bridgehead atoms. The van der Waals surface area contributed by atoms with Crippen LogP contribution in [0.1, 0.15) is 31.0 Å². The zero-order valence-corrected chi connectivity index (χ0v) is 8.04. The van der Waals surface area contributed by atoms with Crippen molar-refractivity contribution in [3.05, 3.63) is 29.3 Å². The Morgan fingerprint density at radius 1 is 1.46 bits per heavy atom. The maximum absolute atomic E-state index is 9.37. The predicted octanol–water partition coefficient (Wildman–Crippen LogP) is 2.19. The average Bonchev–Trinajstić information content (AvgIpc) is 2.46. The fourth-order valence-corrected chi connectivity index (χ4v) is 1.96. The molecule has 0 aromatic heterocycles. The van der Waals surface area contributed by atoms with Crippen LogP contribution in [0.4, 0.5) is 0 Å². The van der Waals surface area contributed by atoms with Crippen molar-refractivity contribution in [1.29, 1.82) is 0 Å². The molecule has 1 unspecified atom stereocenters. The van der Waals surface area contributed by atoms with Gasteiger partial charge in [0, 0.05) is 12.6 Å². The first-order valence-corrected chi connectivity index (χ1v) is 4.73. The Kier molecular flexibility index (Phi) is 2.00. The van der Waals surface area contributed by atoms with Crippen molar-refractivity contribution in [3.8, 4) is 5.75 Å². The van der Waals surface area contributed by atoms with Crippen molar-refractivity contribution in [2.45, 2.75) is 26.4 Å². The fourth-order valence-electron chi connectivity index (χ4n) is 1.96. The minimum atomic E-state index is 0.369. The van der Waals surface area contributed by atoms with Gasteiger partial charge in [-0.25, -0.2) is 0 Å². The van der Waals surface area contributed by atoms with Crippen LogP contribution < -0.4 is 5.32 Å². The highest BCUT2D eigenvalue weighted by atomic mass is 16.3. The van der Waals surface area contributed by atoms with E-state index in [1.807, 2.05) is 12.1 Å². The molecule has 13 heavy (non-hydrogen) atoms. The fraction of sp³-hybridized carbons (Fsp3) is 0.455. The molecule has 0 saturated carbocycles. The summed E-state index contributed by atoms with van der Waals surface area (Å²) in [5.41, 5.74) is 2.58. The van der Waals surface area contributed by atoms with Gasteiger partial charge in [0.1, 0.15) is 5.75 Å².